The van der Waals surface area contributed by atoms with E-state index in [-0.39, 0.29) is 11.3 Å². The van der Waals surface area contributed by atoms with Crippen molar-refractivity contribution in [3.8, 4) is 0 Å². The number of amides is 1. The highest BCUT2D eigenvalue weighted by atomic mass is 32.2. The highest BCUT2D eigenvalue weighted by molar-refractivity contribution is 7.83. The summed E-state index contributed by atoms with van der Waals surface area (Å²) >= 11 is 0. The maximum absolute atomic E-state index is 12.5. The molecule has 3 rings (SSSR count). The van der Waals surface area contributed by atoms with Gasteiger partial charge in [-0.25, -0.2) is 0 Å². The molecule has 0 spiro atoms. The zero-order valence-electron chi connectivity index (χ0n) is 16.5. The van der Waals surface area contributed by atoms with E-state index in [2.05, 4.69) is 45.0 Å². The molecule has 0 N–H and O–H groups in total. The van der Waals surface area contributed by atoms with E-state index in [0.29, 0.717) is 11.5 Å². The average Bonchev–Trinajstić information content (AvgIpc) is 3.16. The smallest absolute Gasteiger partial charge is 0.253 e. The van der Waals surface area contributed by atoms with E-state index in [0.717, 1.165) is 42.6 Å². The van der Waals surface area contributed by atoms with Gasteiger partial charge >= 0.3 is 0 Å². The summed E-state index contributed by atoms with van der Waals surface area (Å²) in [6.07, 6.45) is 2.19. The summed E-state index contributed by atoms with van der Waals surface area (Å²) in [4.78, 5) is 14.3. The standard InChI is InChI=1S/C23H29NO2S/c1-23(2,3)21-12-8-19(9-13-21)17-27(26)16-18-6-10-20(11-7-18)22(25)24-14-4-5-15-24/h6-13H,4-5,14-17H2,1-3H3. The van der Waals surface area contributed by atoms with Gasteiger partial charge in [0.05, 0.1) is 0 Å². The zero-order valence-corrected chi connectivity index (χ0v) is 17.3. The molecule has 0 radical (unpaired) electrons. The molecule has 1 amide bonds. The predicted molar refractivity (Wildman–Crippen MR) is 112 cm³/mol. The molecule has 27 heavy (non-hydrogen) atoms. The lowest BCUT2D eigenvalue weighted by atomic mass is 9.87. The lowest BCUT2D eigenvalue weighted by molar-refractivity contribution is 0.0793. The van der Waals surface area contributed by atoms with Crippen molar-refractivity contribution >= 4 is 16.7 Å². The highest BCUT2D eigenvalue weighted by Crippen LogP contribution is 2.23. The van der Waals surface area contributed by atoms with Crippen molar-refractivity contribution in [1.29, 1.82) is 0 Å². The van der Waals surface area contributed by atoms with Gasteiger partial charge < -0.3 is 4.90 Å². The quantitative estimate of drug-likeness (QED) is 0.752. The second-order valence-corrected chi connectivity index (χ2v) is 9.83. The molecule has 2 aromatic rings. The Hall–Kier alpha value is -1.94. The van der Waals surface area contributed by atoms with Gasteiger partial charge in [-0.15, -0.1) is 0 Å². The van der Waals surface area contributed by atoms with E-state index in [1.165, 1.54) is 5.56 Å². The van der Waals surface area contributed by atoms with Crippen molar-refractivity contribution < 1.29 is 9.00 Å². The van der Waals surface area contributed by atoms with Crippen LogP contribution in [0.3, 0.4) is 0 Å². The first-order valence-corrected chi connectivity index (χ1v) is 11.1. The molecule has 1 atom stereocenters. The van der Waals surface area contributed by atoms with Crippen molar-refractivity contribution in [3.63, 3.8) is 0 Å². The number of rotatable bonds is 5. The fourth-order valence-electron chi connectivity index (χ4n) is 3.37. The summed E-state index contributed by atoms with van der Waals surface area (Å²) in [5.41, 5.74) is 4.26. The van der Waals surface area contributed by atoms with Gasteiger partial charge in [0.25, 0.3) is 5.91 Å². The molecule has 1 fully saturated rings. The van der Waals surface area contributed by atoms with Crippen molar-refractivity contribution in [1.82, 2.24) is 4.90 Å². The molecule has 0 saturated carbocycles. The van der Waals surface area contributed by atoms with Crippen LogP contribution >= 0.6 is 0 Å². The molecule has 3 nitrogen and oxygen atoms in total. The Bertz CT molecular complexity index is 798. The van der Waals surface area contributed by atoms with Crippen LogP contribution in [0.2, 0.25) is 0 Å². The molecule has 0 aliphatic carbocycles. The summed E-state index contributed by atoms with van der Waals surface area (Å²) in [6, 6.07) is 16.0. The predicted octanol–water partition coefficient (Wildman–Crippen LogP) is 4.67. The van der Waals surface area contributed by atoms with E-state index in [1.54, 1.807) is 0 Å². The number of benzene rings is 2. The van der Waals surface area contributed by atoms with E-state index >= 15 is 0 Å². The number of hydrogen-bond donors (Lipinski definition) is 0. The van der Waals surface area contributed by atoms with Gasteiger partial charge in [0.15, 0.2) is 0 Å². The van der Waals surface area contributed by atoms with Gasteiger partial charge in [-0.2, -0.15) is 0 Å². The third-order valence-electron chi connectivity index (χ3n) is 5.07. The van der Waals surface area contributed by atoms with Crippen LogP contribution in [0.1, 0.15) is 60.7 Å². The van der Waals surface area contributed by atoms with Crippen LogP contribution in [0.4, 0.5) is 0 Å². The Kier molecular flexibility index (Phi) is 6.15. The molecular formula is C23H29NO2S. The minimum absolute atomic E-state index is 0.110. The summed E-state index contributed by atoms with van der Waals surface area (Å²) in [6.45, 7) is 8.30. The van der Waals surface area contributed by atoms with Crippen molar-refractivity contribution in [2.45, 2.75) is 50.5 Å². The van der Waals surface area contributed by atoms with Gasteiger partial charge in [0.2, 0.25) is 0 Å². The molecule has 0 aromatic heterocycles. The maximum atomic E-state index is 12.5. The molecule has 1 aliphatic heterocycles. The molecule has 0 bridgehead atoms. The van der Waals surface area contributed by atoms with E-state index in [4.69, 9.17) is 0 Å². The van der Waals surface area contributed by atoms with Gasteiger partial charge in [-0.1, -0.05) is 57.2 Å². The van der Waals surface area contributed by atoms with Crippen molar-refractivity contribution in [2.24, 2.45) is 0 Å². The number of carbonyl (C=O) groups excluding carboxylic acids is 1. The summed E-state index contributed by atoms with van der Waals surface area (Å²) in [5.74, 6) is 1.18. The first-order valence-electron chi connectivity index (χ1n) is 9.65. The number of nitrogens with zero attached hydrogens (tertiary/aromatic N) is 1. The summed E-state index contributed by atoms with van der Waals surface area (Å²) < 4.78 is 12.5. The normalized spacial score (nSPS) is 15.7. The molecule has 1 aliphatic rings. The van der Waals surface area contributed by atoms with E-state index in [1.807, 2.05) is 29.2 Å². The van der Waals surface area contributed by atoms with Crippen molar-refractivity contribution in [2.75, 3.05) is 13.1 Å². The van der Waals surface area contributed by atoms with Crippen LogP contribution in [-0.2, 0) is 27.7 Å². The second-order valence-electron chi connectivity index (χ2n) is 8.37. The Labute approximate surface area is 165 Å². The largest absolute Gasteiger partial charge is 0.339 e. The van der Waals surface area contributed by atoms with Crippen molar-refractivity contribution in [3.05, 3.63) is 70.8 Å². The van der Waals surface area contributed by atoms with Crippen LogP contribution in [-0.4, -0.2) is 28.1 Å². The fourth-order valence-corrected chi connectivity index (χ4v) is 4.60. The van der Waals surface area contributed by atoms with Crippen LogP contribution in [0, 0.1) is 0 Å². The van der Waals surface area contributed by atoms with Crippen LogP contribution in [0.25, 0.3) is 0 Å². The van der Waals surface area contributed by atoms with Crippen LogP contribution < -0.4 is 0 Å². The third-order valence-corrected chi connectivity index (χ3v) is 6.38. The topological polar surface area (TPSA) is 37.4 Å². The molecular weight excluding hydrogens is 354 g/mol. The molecule has 1 heterocycles. The third kappa shape index (κ3) is 5.29. The lowest BCUT2D eigenvalue weighted by Crippen LogP contribution is -2.27. The number of carbonyl (C=O) groups is 1. The molecule has 1 saturated heterocycles. The second kappa shape index (κ2) is 8.39. The summed E-state index contributed by atoms with van der Waals surface area (Å²) in [5, 5.41) is 0. The molecule has 4 heteroatoms. The SMILES string of the molecule is CC(C)(C)c1ccc(CS(=O)Cc2ccc(C(=O)N3CCCC3)cc2)cc1. The van der Waals surface area contributed by atoms with Gasteiger partial charge in [-0.05, 0) is 47.1 Å². The number of hydrogen-bond acceptors (Lipinski definition) is 2. The van der Waals surface area contributed by atoms with E-state index < -0.39 is 10.8 Å². The van der Waals surface area contributed by atoms with Crippen LogP contribution in [0.15, 0.2) is 48.5 Å². The molecule has 2 aromatic carbocycles. The molecule has 144 valence electrons. The average molecular weight is 384 g/mol. The minimum atomic E-state index is -0.964. The maximum Gasteiger partial charge on any atom is 0.253 e. The Morgan fingerprint density at radius 1 is 0.889 bits per heavy atom. The van der Waals surface area contributed by atoms with E-state index in [9.17, 15) is 9.00 Å². The minimum Gasteiger partial charge on any atom is -0.339 e. The van der Waals surface area contributed by atoms with Crippen LogP contribution in [0.5, 0.6) is 0 Å². The first-order chi connectivity index (χ1) is 12.8. The first kappa shape index (κ1) is 19.8. The Morgan fingerprint density at radius 3 is 1.85 bits per heavy atom. The highest BCUT2D eigenvalue weighted by Gasteiger charge is 2.19. The van der Waals surface area contributed by atoms with Gasteiger partial charge in [0.1, 0.15) is 0 Å². The lowest BCUT2D eigenvalue weighted by Gasteiger charge is -2.19. The number of likely N-dealkylation sites (tertiary alicyclic amines) is 1. The summed E-state index contributed by atoms with van der Waals surface area (Å²) in [7, 11) is -0.964. The molecule has 1 unspecified atom stereocenters. The Balaban J connectivity index is 1.57. The zero-order chi connectivity index (χ0) is 19.4. The monoisotopic (exact) mass is 383 g/mol. The fraction of sp³-hybridized carbons (Fsp3) is 0.435. The Morgan fingerprint density at radius 2 is 1.37 bits per heavy atom. The van der Waals surface area contributed by atoms with Gasteiger partial charge in [-0.3, -0.25) is 9.00 Å². The van der Waals surface area contributed by atoms with Gasteiger partial charge in [0, 0.05) is 41.0 Å².